The lowest BCUT2D eigenvalue weighted by atomic mass is 9.98. The van der Waals surface area contributed by atoms with Gasteiger partial charge in [0.1, 0.15) is 29.4 Å². The van der Waals surface area contributed by atoms with Gasteiger partial charge < -0.3 is 14.2 Å². The van der Waals surface area contributed by atoms with Gasteiger partial charge in [0.15, 0.2) is 0 Å². The van der Waals surface area contributed by atoms with Crippen molar-refractivity contribution in [3.63, 3.8) is 0 Å². The quantitative estimate of drug-likeness (QED) is 0.455. The molecule has 5 rings (SSSR count). The van der Waals surface area contributed by atoms with Crippen molar-refractivity contribution in [2.75, 3.05) is 33.4 Å². The number of hydrogen-bond donors (Lipinski definition) is 1. The topological polar surface area (TPSA) is 76.7 Å². The van der Waals surface area contributed by atoms with E-state index in [0.29, 0.717) is 11.8 Å². The van der Waals surface area contributed by atoms with E-state index in [4.69, 9.17) is 25.8 Å². The number of aromatic amines is 1. The van der Waals surface area contributed by atoms with Gasteiger partial charge >= 0.3 is 5.97 Å². The first-order valence-corrected chi connectivity index (χ1v) is 12.0. The van der Waals surface area contributed by atoms with Crippen LogP contribution in [-0.2, 0) is 9.53 Å². The van der Waals surface area contributed by atoms with Crippen LogP contribution in [0, 0.1) is 5.92 Å². The second-order valence-electron chi connectivity index (χ2n) is 8.91. The van der Waals surface area contributed by atoms with Crippen molar-refractivity contribution in [1.29, 1.82) is 0 Å². The third-order valence-corrected chi connectivity index (χ3v) is 6.70. The van der Waals surface area contributed by atoms with Crippen LogP contribution < -0.4 is 9.47 Å². The Bertz CT molecular complexity index is 1230. The van der Waals surface area contributed by atoms with Crippen LogP contribution >= 0.6 is 11.6 Å². The molecule has 1 saturated heterocycles. The van der Waals surface area contributed by atoms with Gasteiger partial charge in [0.2, 0.25) is 0 Å². The summed E-state index contributed by atoms with van der Waals surface area (Å²) < 4.78 is 17.3. The fourth-order valence-corrected chi connectivity index (χ4v) is 4.77. The van der Waals surface area contributed by atoms with Crippen LogP contribution in [0.1, 0.15) is 37.0 Å². The average Bonchev–Trinajstić information content (AvgIpc) is 3.20. The lowest BCUT2D eigenvalue weighted by Gasteiger charge is -2.38. The molecular formula is C26H28ClN3O4. The summed E-state index contributed by atoms with van der Waals surface area (Å²) in [5.41, 5.74) is 4.14. The van der Waals surface area contributed by atoms with Gasteiger partial charge in [0, 0.05) is 36.7 Å². The van der Waals surface area contributed by atoms with E-state index in [9.17, 15) is 4.79 Å². The number of fused-ring (bicyclic) bond motifs is 2. The Morgan fingerprint density at radius 3 is 2.94 bits per heavy atom. The van der Waals surface area contributed by atoms with Crippen molar-refractivity contribution in [1.82, 2.24) is 15.1 Å². The first-order chi connectivity index (χ1) is 16.5. The number of ether oxygens (including phenoxy) is 3. The molecule has 0 saturated carbocycles. The molecule has 8 heteroatoms. The van der Waals surface area contributed by atoms with E-state index in [2.05, 4.69) is 28.1 Å². The minimum Gasteiger partial charge on any atom is -0.488 e. The molecule has 1 atom stereocenters. The molecule has 0 amide bonds. The van der Waals surface area contributed by atoms with Gasteiger partial charge in [-0.2, -0.15) is 5.10 Å². The van der Waals surface area contributed by atoms with Gasteiger partial charge in [-0.05, 0) is 47.9 Å². The molecule has 2 aliphatic rings. The SMILES string of the molecule is CCCC(Oc1ccc2c(c1)OCC(CN1CC(C(=O)OC)C1)=C2)c1ccc2n[nH]c(Cl)c2c1. The van der Waals surface area contributed by atoms with Crippen molar-refractivity contribution in [3.8, 4) is 11.5 Å². The Labute approximate surface area is 203 Å². The minimum atomic E-state index is -0.128. The number of nitrogens with zero attached hydrogens (tertiary/aromatic N) is 2. The number of esters is 1. The third-order valence-electron chi connectivity index (χ3n) is 6.41. The molecule has 2 aliphatic heterocycles. The summed E-state index contributed by atoms with van der Waals surface area (Å²) in [6.07, 6.45) is 3.95. The maximum absolute atomic E-state index is 11.6. The number of benzene rings is 2. The highest BCUT2D eigenvalue weighted by molar-refractivity contribution is 6.34. The molecule has 3 aromatic rings. The van der Waals surface area contributed by atoms with Crippen LogP contribution in [0.15, 0.2) is 42.0 Å². The predicted octanol–water partition coefficient (Wildman–Crippen LogP) is 5.02. The van der Waals surface area contributed by atoms with Crippen LogP contribution in [0.25, 0.3) is 17.0 Å². The van der Waals surface area contributed by atoms with E-state index < -0.39 is 0 Å². The summed E-state index contributed by atoms with van der Waals surface area (Å²) in [5, 5.41) is 8.46. The van der Waals surface area contributed by atoms with Crippen molar-refractivity contribution < 1.29 is 19.0 Å². The molecule has 34 heavy (non-hydrogen) atoms. The summed E-state index contributed by atoms with van der Waals surface area (Å²) in [6, 6.07) is 12.1. The zero-order valence-electron chi connectivity index (χ0n) is 19.3. The van der Waals surface area contributed by atoms with Gasteiger partial charge in [-0.3, -0.25) is 14.8 Å². The zero-order valence-corrected chi connectivity index (χ0v) is 20.1. The number of halogens is 1. The summed E-state index contributed by atoms with van der Waals surface area (Å²) in [4.78, 5) is 13.8. The Morgan fingerprint density at radius 2 is 2.15 bits per heavy atom. The molecule has 7 nitrogen and oxygen atoms in total. The van der Waals surface area contributed by atoms with Gasteiger partial charge in [0.25, 0.3) is 0 Å². The number of nitrogens with one attached hydrogen (secondary N) is 1. The molecule has 1 unspecified atom stereocenters. The van der Waals surface area contributed by atoms with Crippen molar-refractivity contribution >= 4 is 34.5 Å². The van der Waals surface area contributed by atoms with E-state index >= 15 is 0 Å². The molecule has 1 aromatic heterocycles. The summed E-state index contributed by atoms with van der Waals surface area (Å²) in [7, 11) is 1.44. The smallest absolute Gasteiger partial charge is 0.311 e. The van der Waals surface area contributed by atoms with Gasteiger partial charge in [-0.15, -0.1) is 0 Å². The van der Waals surface area contributed by atoms with Gasteiger partial charge in [-0.1, -0.05) is 31.0 Å². The van der Waals surface area contributed by atoms with Crippen molar-refractivity contribution in [2.45, 2.75) is 25.9 Å². The first kappa shape index (κ1) is 22.7. The molecule has 2 aromatic carbocycles. The fourth-order valence-electron chi connectivity index (χ4n) is 4.57. The number of methoxy groups -OCH3 is 1. The number of likely N-dealkylation sites (tertiary alicyclic amines) is 1. The highest BCUT2D eigenvalue weighted by Gasteiger charge is 2.33. The largest absolute Gasteiger partial charge is 0.488 e. The monoisotopic (exact) mass is 481 g/mol. The maximum Gasteiger partial charge on any atom is 0.311 e. The van der Waals surface area contributed by atoms with Crippen LogP contribution in [-0.4, -0.2) is 54.4 Å². The third kappa shape index (κ3) is 4.63. The normalized spacial score (nSPS) is 16.9. The molecule has 1 fully saturated rings. The van der Waals surface area contributed by atoms with Crippen LogP contribution in [0.2, 0.25) is 5.15 Å². The maximum atomic E-state index is 11.6. The van der Waals surface area contributed by atoms with E-state index in [1.54, 1.807) is 0 Å². The Hall–Kier alpha value is -3.03. The molecule has 178 valence electrons. The molecule has 1 N–H and O–H groups in total. The Kier molecular flexibility index (Phi) is 6.48. The van der Waals surface area contributed by atoms with Crippen LogP contribution in [0.3, 0.4) is 0 Å². The van der Waals surface area contributed by atoms with Gasteiger partial charge in [-0.25, -0.2) is 0 Å². The summed E-state index contributed by atoms with van der Waals surface area (Å²) in [6.45, 7) is 4.94. The summed E-state index contributed by atoms with van der Waals surface area (Å²) >= 11 is 6.25. The molecule has 3 heterocycles. The number of carbonyl (C=O) groups is 1. The van der Waals surface area contributed by atoms with Crippen molar-refractivity contribution in [3.05, 3.63) is 58.3 Å². The highest BCUT2D eigenvalue weighted by atomic mass is 35.5. The van der Waals surface area contributed by atoms with E-state index in [1.807, 2.05) is 36.4 Å². The fraction of sp³-hybridized carbons (Fsp3) is 0.385. The second kappa shape index (κ2) is 9.68. The minimum absolute atomic E-state index is 0.0107. The number of hydrogen-bond acceptors (Lipinski definition) is 6. The van der Waals surface area contributed by atoms with Crippen LogP contribution in [0.5, 0.6) is 11.5 Å². The average molecular weight is 482 g/mol. The predicted molar refractivity (Wildman–Crippen MR) is 131 cm³/mol. The second-order valence-corrected chi connectivity index (χ2v) is 9.29. The number of aromatic nitrogens is 2. The number of rotatable bonds is 8. The Morgan fingerprint density at radius 1 is 1.29 bits per heavy atom. The van der Waals surface area contributed by atoms with Crippen molar-refractivity contribution in [2.24, 2.45) is 5.92 Å². The lowest BCUT2D eigenvalue weighted by Crippen LogP contribution is -2.51. The highest BCUT2D eigenvalue weighted by Crippen LogP contribution is 2.35. The van der Waals surface area contributed by atoms with E-state index in [1.165, 1.54) is 12.7 Å². The standard InChI is InChI=1S/C26H28ClN3O4/c1-3-4-23(18-6-8-22-21(10-18)25(27)29-28-22)34-20-7-5-17-9-16(15-33-24(17)11-20)12-30-13-19(14-30)26(31)32-2/h5-11,19,23H,3-4,12-15H2,1-2H3,(H,28,29). The zero-order chi connectivity index (χ0) is 23.7. The summed E-state index contributed by atoms with van der Waals surface area (Å²) in [5.74, 6) is 1.46. The molecule has 0 aliphatic carbocycles. The molecule has 0 radical (unpaired) electrons. The lowest BCUT2D eigenvalue weighted by molar-refractivity contribution is -0.151. The number of carbonyl (C=O) groups excluding carboxylic acids is 1. The van der Waals surface area contributed by atoms with E-state index in [-0.39, 0.29) is 18.0 Å². The van der Waals surface area contributed by atoms with Gasteiger partial charge in [0.05, 0.1) is 18.5 Å². The molecular weight excluding hydrogens is 454 g/mol. The first-order valence-electron chi connectivity index (χ1n) is 11.6. The number of H-pyrrole nitrogens is 1. The Balaban J connectivity index is 1.27. The van der Waals surface area contributed by atoms with Crippen LogP contribution in [0.4, 0.5) is 0 Å². The molecule has 0 bridgehead atoms. The molecule has 0 spiro atoms. The van der Waals surface area contributed by atoms with E-state index in [0.717, 1.165) is 66.0 Å².